The number of ether oxygens (including phenoxy) is 1. The molecule has 1 heterocycles. The third-order valence-corrected chi connectivity index (χ3v) is 5.99. The highest BCUT2D eigenvalue weighted by Gasteiger charge is 2.42. The van der Waals surface area contributed by atoms with E-state index in [4.69, 9.17) is 4.74 Å². The lowest BCUT2D eigenvalue weighted by atomic mass is 10.1. The van der Waals surface area contributed by atoms with Crippen LogP contribution in [0, 0.1) is 5.92 Å². The fourth-order valence-corrected chi connectivity index (χ4v) is 4.68. The standard InChI is InChI=1S/C19H20N2O5S/c1-3-26-17-9-7-15(8-10-17)20-18(22)14-5-4-6-16(11-14)21-19(23)13(2)12-27(21,24)25/h4-11,13H,3,12H2,1-2H3,(H,20,22). The van der Waals surface area contributed by atoms with Crippen LogP contribution in [0.4, 0.5) is 11.4 Å². The number of anilines is 2. The first-order valence-electron chi connectivity index (χ1n) is 8.53. The summed E-state index contributed by atoms with van der Waals surface area (Å²) in [6.45, 7) is 4.01. The quantitative estimate of drug-likeness (QED) is 0.850. The van der Waals surface area contributed by atoms with Crippen molar-refractivity contribution < 1.29 is 22.7 Å². The number of amides is 2. The summed E-state index contributed by atoms with van der Waals surface area (Å²) in [5.41, 5.74) is 1.000. The first-order valence-corrected chi connectivity index (χ1v) is 10.1. The summed E-state index contributed by atoms with van der Waals surface area (Å²) >= 11 is 0. The lowest BCUT2D eigenvalue weighted by Crippen LogP contribution is -2.30. The predicted molar refractivity (Wildman–Crippen MR) is 102 cm³/mol. The molecule has 3 rings (SSSR count). The van der Waals surface area contributed by atoms with Crippen molar-refractivity contribution in [2.45, 2.75) is 13.8 Å². The van der Waals surface area contributed by atoms with Crippen LogP contribution < -0.4 is 14.4 Å². The van der Waals surface area contributed by atoms with E-state index in [9.17, 15) is 18.0 Å². The highest BCUT2D eigenvalue weighted by atomic mass is 32.2. The van der Waals surface area contributed by atoms with E-state index in [1.165, 1.54) is 12.1 Å². The second kappa shape index (κ2) is 7.40. The molecular formula is C19H20N2O5S. The molecule has 0 saturated carbocycles. The molecule has 1 N–H and O–H groups in total. The maximum atomic E-state index is 12.5. The molecule has 1 unspecified atom stereocenters. The molecule has 1 aliphatic rings. The summed E-state index contributed by atoms with van der Waals surface area (Å²) in [5.74, 6) is -1.02. The minimum Gasteiger partial charge on any atom is -0.494 e. The molecule has 1 saturated heterocycles. The fourth-order valence-electron chi connectivity index (χ4n) is 2.86. The van der Waals surface area contributed by atoms with Crippen molar-refractivity contribution in [3.63, 3.8) is 0 Å². The molecule has 8 heteroatoms. The van der Waals surface area contributed by atoms with Crippen LogP contribution in [0.2, 0.25) is 0 Å². The Kier molecular flexibility index (Phi) is 5.18. The summed E-state index contributed by atoms with van der Waals surface area (Å²) in [5, 5.41) is 2.74. The Morgan fingerprint density at radius 1 is 1.22 bits per heavy atom. The maximum absolute atomic E-state index is 12.5. The molecular weight excluding hydrogens is 368 g/mol. The average Bonchev–Trinajstić information content (AvgIpc) is 2.84. The zero-order chi connectivity index (χ0) is 19.6. The van der Waals surface area contributed by atoms with Crippen LogP contribution >= 0.6 is 0 Å². The van der Waals surface area contributed by atoms with Gasteiger partial charge >= 0.3 is 0 Å². The number of carbonyl (C=O) groups excluding carboxylic acids is 2. The van der Waals surface area contributed by atoms with Gasteiger partial charge in [0.2, 0.25) is 15.9 Å². The number of sulfonamides is 1. The zero-order valence-electron chi connectivity index (χ0n) is 15.0. The van der Waals surface area contributed by atoms with Gasteiger partial charge in [0.05, 0.1) is 24.0 Å². The number of benzene rings is 2. The van der Waals surface area contributed by atoms with Crippen molar-refractivity contribution >= 4 is 33.2 Å². The van der Waals surface area contributed by atoms with Gasteiger partial charge < -0.3 is 10.1 Å². The Balaban J connectivity index is 1.81. The van der Waals surface area contributed by atoms with E-state index in [1.807, 2.05) is 6.92 Å². The molecule has 1 atom stereocenters. The molecule has 0 spiro atoms. The zero-order valence-corrected chi connectivity index (χ0v) is 15.8. The van der Waals surface area contributed by atoms with Gasteiger partial charge in [0.15, 0.2) is 0 Å². The smallest absolute Gasteiger partial charge is 0.255 e. The van der Waals surface area contributed by atoms with Crippen molar-refractivity contribution in [1.29, 1.82) is 0 Å². The Labute approximate surface area is 158 Å². The van der Waals surface area contributed by atoms with E-state index in [-0.39, 0.29) is 17.0 Å². The summed E-state index contributed by atoms with van der Waals surface area (Å²) in [6.07, 6.45) is 0. The molecule has 1 aliphatic heterocycles. The minimum atomic E-state index is -3.71. The van der Waals surface area contributed by atoms with Crippen LogP contribution in [0.3, 0.4) is 0 Å². The largest absolute Gasteiger partial charge is 0.494 e. The molecule has 142 valence electrons. The molecule has 0 bridgehead atoms. The van der Waals surface area contributed by atoms with Crippen molar-refractivity contribution in [1.82, 2.24) is 0 Å². The molecule has 7 nitrogen and oxygen atoms in total. The molecule has 0 aromatic heterocycles. The SMILES string of the molecule is CCOc1ccc(NC(=O)c2cccc(N3C(=O)C(C)CS3(=O)=O)c2)cc1. The van der Waals surface area contributed by atoms with Crippen molar-refractivity contribution in [3.8, 4) is 5.75 Å². The van der Waals surface area contributed by atoms with Crippen molar-refractivity contribution in [3.05, 3.63) is 54.1 Å². The highest BCUT2D eigenvalue weighted by molar-refractivity contribution is 7.94. The van der Waals surface area contributed by atoms with E-state index < -0.39 is 27.8 Å². The summed E-state index contributed by atoms with van der Waals surface area (Å²) < 4.78 is 30.6. The number of nitrogens with zero attached hydrogens (tertiary/aromatic N) is 1. The van der Waals surface area contributed by atoms with Crippen LogP contribution in [0.25, 0.3) is 0 Å². The van der Waals surface area contributed by atoms with Crippen LogP contribution in [-0.4, -0.2) is 32.6 Å². The second-order valence-electron chi connectivity index (χ2n) is 6.24. The van der Waals surface area contributed by atoms with Gasteiger partial charge in [0.1, 0.15) is 5.75 Å². The van der Waals surface area contributed by atoms with E-state index in [1.54, 1.807) is 43.3 Å². The van der Waals surface area contributed by atoms with Gasteiger partial charge in [0, 0.05) is 11.3 Å². The van der Waals surface area contributed by atoms with Gasteiger partial charge in [-0.15, -0.1) is 0 Å². The fraction of sp³-hybridized carbons (Fsp3) is 0.263. The summed E-state index contributed by atoms with van der Waals surface area (Å²) in [7, 11) is -3.71. The number of nitrogens with one attached hydrogen (secondary N) is 1. The third kappa shape index (κ3) is 3.95. The monoisotopic (exact) mass is 388 g/mol. The maximum Gasteiger partial charge on any atom is 0.255 e. The Morgan fingerprint density at radius 2 is 1.93 bits per heavy atom. The Bertz CT molecular complexity index is 970. The van der Waals surface area contributed by atoms with E-state index in [0.717, 1.165) is 4.31 Å². The van der Waals surface area contributed by atoms with Gasteiger partial charge in [-0.05, 0) is 49.4 Å². The predicted octanol–water partition coefficient (Wildman–Crippen LogP) is 2.65. The van der Waals surface area contributed by atoms with Gasteiger partial charge in [-0.1, -0.05) is 13.0 Å². The molecule has 0 aliphatic carbocycles. The van der Waals surface area contributed by atoms with Crippen LogP contribution in [0.1, 0.15) is 24.2 Å². The van der Waals surface area contributed by atoms with Crippen LogP contribution in [0.15, 0.2) is 48.5 Å². The lowest BCUT2D eigenvalue weighted by molar-refractivity contribution is -0.119. The van der Waals surface area contributed by atoms with E-state index in [2.05, 4.69) is 5.32 Å². The first-order chi connectivity index (χ1) is 12.8. The van der Waals surface area contributed by atoms with Crippen molar-refractivity contribution in [2.75, 3.05) is 22.0 Å². The normalized spacial score (nSPS) is 18.4. The van der Waals surface area contributed by atoms with Gasteiger partial charge in [-0.25, -0.2) is 12.7 Å². The third-order valence-electron chi connectivity index (χ3n) is 4.13. The summed E-state index contributed by atoms with van der Waals surface area (Å²) in [6, 6.07) is 12.9. The molecule has 2 aromatic carbocycles. The number of hydrogen-bond donors (Lipinski definition) is 1. The molecule has 1 fully saturated rings. The molecule has 2 aromatic rings. The lowest BCUT2D eigenvalue weighted by Gasteiger charge is -2.16. The Hall–Kier alpha value is -2.87. The Morgan fingerprint density at radius 3 is 2.52 bits per heavy atom. The number of rotatable bonds is 5. The average molecular weight is 388 g/mol. The van der Waals surface area contributed by atoms with Gasteiger partial charge in [-0.3, -0.25) is 9.59 Å². The molecule has 27 heavy (non-hydrogen) atoms. The van der Waals surface area contributed by atoms with Crippen molar-refractivity contribution in [2.24, 2.45) is 5.92 Å². The topological polar surface area (TPSA) is 92.8 Å². The first kappa shape index (κ1) is 18.9. The summed E-state index contributed by atoms with van der Waals surface area (Å²) in [4.78, 5) is 24.7. The van der Waals surface area contributed by atoms with Crippen LogP contribution in [0.5, 0.6) is 5.75 Å². The number of hydrogen-bond acceptors (Lipinski definition) is 5. The molecule has 0 radical (unpaired) electrons. The molecule has 2 amide bonds. The van der Waals surface area contributed by atoms with E-state index in [0.29, 0.717) is 18.0 Å². The van der Waals surface area contributed by atoms with E-state index >= 15 is 0 Å². The minimum absolute atomic E-state index is 0.170. The van der Waals surface area contributed by atoms with Gasteiger partial charge in [-0.2, -0.15) is 0 Å². The highest BCUT2D eigenvalue weighted by Crippen LogP contribution is 2.29. The van der Waals surface area contributed by atoms with Gasteiger partial charge in [0.25, 0.3) is 5.91 Å². The second-order valence-corrected chi connectivity index (χ2v) is 8.11. The van der Waals surface area contributed by atoms with Crippen LogP contribution in [-0.2, 0) is 14.8 Å². The number of carbonyl (C=O) groups is 2.